The Labute approximate surface area is 163 Å². The quantitative estimate of drug-likeness (QED) is 0.483. The van der Waals surface area contributed by atoms with Crippen molar-refractivity contribution in [3.8, 4) is 5.75 Å². The number of carbonyl (C=O) groups is 2. The number of hydrogen-bond acceptors (Lipinski definition) is 4. The van der Waals surface area contributed by atoms with E-state index in [1.54, 1.807) is 30.3 Å². The normalized spacial score (nSPS) is 18.8. The highest BCUT2D eigenvalue weighted by Gasteiger charge is 2.45. The zero-order valence-electron chi connectivity index (χ0n) is 16.0. The minimum Gasteiger partial charge on any atom is -0.507 e. The first-order valence-electron chi connectivity index (χ1n) is 9.03. The molecule has 0 saturated carbocycles. The van der Waals surface area contributed by atoms with Gasteiger partial charge in [-0.25, -0.2) is 4.39 Å². The van der Waals surface area contributed by atoms with Gasteiger partial charge in [-0.1, -0.05) is 32.0 Å². The highest BCUT2D eigenvalue weighted by molar-refractivity contribution is 6.46. The van der Waals surface area contributed by atoms with Crippen molar-refractivity contribution in [1.82, 2.24) is 4.90 Å². The Kier molecular flexibility index (Phi) is 5.49. The number of ether oxygens (including phenoxy) is 1. The summed E-state index contributed by atoms with van der Waals surface area (Å²) in [5.74, 6) is -1.52. The fraction of sp³-hybridized carbons (Fsp3) is 0.273. The molecule has 0 unspecified atom stereocenters. The Morgan fingerprint density at radius 3 is 2.39 bits per heavy atom. The average Bonchev–Trinajstić information content (AvgIpc) is 2.90. The number of nitrogens with zero attached hydrogens (tertiary/aromatic N) is 1. The third-order valence-electron chi connectivity index (χ3n) is 4.59. The van der Waals surface area contributed by atoms with Crippen LogP contribution in [0.15, 0.2) is 54.1 Å². The number of aliphatic hydroxyl groups excluding tert-OH is 1. The third kappa shape index (κ3) is 3.63. The van der Waals surface area contributed by atoms with Crippen molar-refractivity contribution < 1.29 is 23.8 Å². The fourth-order valence-corrected chi connectivity index (χ4v) is 3.14. The van der Waals surface area contributed by atoms with Crippen LogP contribution in [0.2, 0.25) is 0 Å². The van der Waals surface area contributed by atoms with Gasteiger partial charge in [0.05, 0.1) is 18.2 Å². The van der Waals surface area contributed by atoms with Gasteiger partial charge in [-0.05, 0) is 36.2 Å². The van der Waals surface area contributed by atoms with E-state index in [-0.39, 0.29) is 16.9 Å². The minimum absolute atomic E-state index is 0.131. The molecule has 2 aromatic rings. The molecule has 1 saturated heterocycles. The summed E-state index contributed by atoms with van der Waals surface area (Å²) in [4.78, 5) is 25.9. The number of likely N-dealkylation sites (N-methyl/N-ethyl adjacent to an activating group) is 1. The second-order valence-corrected chi connectivity index (χ2v) is 7.16. The van der Waals surface area contributed by atoms with Crippen molar-refractivity contribution >= 4 is 17.4 Å². The summed E-state index contributed by atoms with van der Waals surface area (Å²) in [6.07, 6.45) is 0. The molecule has 146 valence electrons. The smallest absolute Gasteiger partial charge is 0.295 e. The molecule has 1 fully saturated rings. The minimum atomic E-state index is -0.988. The highest BCUT2D eigenvalue weighted by Crippen LogP contribution is 2.39. The van der Waals surface area contributed by atoms with Crippen LogP contribution >= 0.6 is 0 Å². The predicted molar refractivity (Wildman–Crippen MR) is 103 cm³/mol. The Morgan fingerprint density at radius 1 is 1.14 bits per heavy atom. The summed E-state index contributed by atoms with van der Waals surface area (Å²) >= 11 is 0. The van der Waals surface area contributed by atoms with Gasteiger partial charge in [0.25, 0.3) is 11.7 Å². The molecule has 1 N–H and O–H groups in total. The third-order valence-corrected chi connectivity index (χ3v) is 4.59. The molecule has 5 nitrogen and oxygen atoms in total. The van der Waals surface area contributed by atoms with Gasteiger partial charge in [0.15, 0.2) is 0 Å². The van der Waals surface area contributed by atoms with E-state index >= 15 is 0 Å². The molecule has 1 atom stereocenters. The largest absolute Gasteiger partial charge is 0.507 e. The van der Waals surface area contributed by atoms with Crippen LogP contribution in [-0.4, -0.2) is 35.4 Å². The second kappa shape index (κ2) is 7.84. The maximum absolute atomic E-state index is 14.3. The molecule has 1 heterocycles. The summed E-state index contributed by atoms with van der Waals surface area (Å²) in [6, 6.07) is 11.5. The Bertz CT molecular complexity index is 934. The fourth-order valence-electron chi connectivity index (χ4n) is 3.14. The molecular weight excluding hydrogens is 361 g/mol. The van der Waals surface area contributed by atoms with Gasteiger partial charge in [-0.3, -0.25) is 9.59 Å². The first-order valence-corrected chi connectivity index (χ1v) is 9.03. The van der Waals surface area contributed by atoms with Crippen molar-refractivity contribution in [1.29, 1.82) is 0 Å². The maximum Gasteiger partial charge on any atom is 0.295 e. The monoisotopic (exact) mass is 383 g/mol. The molecule has 1 amide bonds. The first-order chi connectivity index (χ1) is 13.3. The number of halogens is 1. The van der Waals surface area contributed by atoms with E-state index in [0.29, 0.717) is 23.8 Å². The lowest BCUT2D eigenvalue weighted by molar-refractivity contribution is -0.139. The van der Waals surface area contributed by atoms with Crippen LogP contribution in [0.1, 0.15) is 31.0 Å². The van der Waals surface area contributed by atoms with Gasteiger partial charge in [0.1, 0.15) is 17.3 Å². The molecule has 1 aliphatic rings. The molecule has 1 aliphatic heterocycles. The number of rotatable bonds is 5. The van der Waals surface area contributed by atoms with Gasteiger partial charge in [-0.15, -0.1) is 0 Å². The summed E-state index contributed by atoms with van der Waals surface area (Å²) in [7, 11) is 1.42. The van der Waals surface area contributed by atoms with Gasteiger partial charge in [0.2, 0.25) is 0 Å². The Morgan fingerprint density at radius 2 is 1.79 bits per heavy atom. The van der Waals surface area contributed by atoms with E-state index in [1.165, 1.54) is 25.2 Å². The molecule has 3 rings (SSSR count). The van der Waals surface area contributed by atoms with Crippen LogP contribution in [0.3, 0.4) is 0 Å². The molecule has 6 heteroatoms. The van der Waals surface area contributed by atoms with Crippen LogP contribution in [0, 0.1) is 11.7 Å². The predicted octanol–water partition coefficient (Wildman–Crippen LogP) is 3.91. The van der Waals surface area contributed by atoms with Crippen LogP contribution < -0.4 is 4.74 Å². The lowest BCUT2D eigenvalue weighted by Crippen LogP contribution is -2.25. The standard InChI is InChI=1S/C22H22FNO4/c1-13(2)12-28-15-10-8-14(9-11-15)20(25)18-19(24(3)22(27)21(18)26)16-6-4-5-7-17(16)23/h4-11,13,19,25H,12H2,1-3H3/t19-/m0/s1. The lowest BCUT2D eigenvalue weighted by Gasteiger charge is -2.21. The second-order valence-electron chi connectivity index (χ2n) is 7.16. The molecular formula is C22H22FNO4. The number of hydrogen-bond donors (Lipinski definition) is 1. The number of likely N-dealkylation sites (tertiary alicyclic amines) is 1. The average molecular weight is 383 g/mol. The van der Waals surface area contributed by atoms with Crippen LogP contribution in [0.25, 0.3) is 5.76 Å². The summed E-state index contributed by atoms with van der Waals surface area (Å²) in [6.45, 7) is 4.62. The molecule has 0 spiro atoms. The van der Waals surface area contributed by atoms with E-state index in [0.717, 1.165) is 4.90 Å². The maximum atomic E-state index is 14.3. The molecule has 0 aliphatic carbocycles. The van der Waals surface area contributed by atoms with Crippen molar-refractivity contribution in [3.63, 3.8) is 0 Å². The number of ketones is 1. The number of Topliss-reactive ketones (excluding diaryl/α,β-unsaturated/α-hetero) is 1. The van der Waals surface area contributed by atoms with Crippen molar-refractivity contribution in [2.75, 3.05) is 13.7 Å². The van der Waals surface area contributed by atoms with E-state index in [9.17, 15) is 19.1 Å². The SMILES string of the molecule is CC(C)COc1ccc(C(O)=C2C(=O)C(=O)N(C)[C@H]2c2ccccc2F)cc1. The van der Waals surface area contributed by atoms with Crippen molar-refractivity contribution in [3.05, 3.63) is 71.0 Å². The summed E-state index contributed by atoms with van der Waals surface area (Å²) < 4.78 is 20.0. The van der Waals surface area contributed by atoms with Crippen LogP contribution in [-0.2, 0) is 9.59 Å². The van der Waals surface area contributed by atoms with Gasteiger partial charge < -0.3 is 14.7 Å². The van der Waals surface area contributed by atoms with Gasteiger partial charge in [0, 0.05) is 18.2 Å². The highest BCUT2D eigenvalue weighted by atomic mass is 19.1. The van der Waals surface area contributed by atoms with Crippen LogP contribution in [0.5, 0.6) is 5.75 Å². The van der Waals surface area contributed by atoms with Gasteiger partial charge >= 0.3 is 0 Å². The molecule has 0 radical (unpaired) electrons. The van der Waals surface area contributed by atoms with E-state index in [1.807, 2.05) is 13.8 Å². The Hall–Kier alpha value is -3.15. The van der Waals surface area contributed by atoms with E-state index in [2.05, 4.69) is 0 Å². The number of amides is 1. The molecule has 0 bridgehead atoms. The van der Waals surface area contributed by atoms with Crippen LogP contribution in [0.4, 0.5) is 4.39 Å². The lowest BCUT2D eigenvalue weighted by atomic mass is 9.95. The zero-order valence-corrected chi connectivity index (χ0v) is 16.0. The first kappa shape index (κ1) is 19.6. The van der Waals surface area contributed by atoms with E-state index < -0.39 is 23.5 Å². The topological polar surface area (TPSA) is 66.8 Å². The van der Waals surface area contributed by atoms with Crippen molar-refractivity contribution in [2.24, 2.45) is 5.92 Å². The number of aliphatic hydroxyl groups is 1. The van der Waals surface area contributed by atoms with E-state index in [4.69, 9.17) is 4.74 Å². The molecule has 28 heavy (non-hydrogen) atoms. The summed E-state index contributed by atoms with van der Waals surface area (Å²) in [5, 5.41) is 10.8. The Balaban J connectivity index is 2.02. The molecule has 2 aromatic carbocycles. The zero-order chi connectivity index (χ0) is 20.4. The molecule has 0 aromatic heterocycles. The van der Waals surface area contributed by atoms with Gasteiger partial charge in [-0.2, -0.15) is 0 Å². The summed E-state index contributed by atoms with van der Waals surface area (Å²) in [5.41, 5.74) is 0.376. The number of carbonyl (C=O) groups excluding carboxylic acids is 2. The van der Waals surface area contributed by atoms with Crippen molar-refractivity contribution in [2.45, 2.75) is 19.9 Å². The number of benzene rings is 2.